The molecule has 0 unspecified atom stereocenters. The third-order valence-electron chi connectivity index (χ3n) is 5.28. The normalized spacial score (nSPS) is 16.7. The maximum Gasteiger partial charge on any atom is 0.331 e. The minimum atomic E-state index is -0.858. The summed E-state index contributed by atoms with van der Waals surface area (Å²) in [6, 6.07) is 7.47. The van der Waals surface area contributed by atoms with E-state index in [2.05, 4.69) is 5.32 Å². The van der Waals surface area contributed by atoms with Gasteiger partial charge in [-0.1, -0.05) is 18.2 Å². The maximum absolute atomic E-state index is 13.8. The summed E-state index contributed by atoms with van der Waals surface area (Å²) in [5.74, 6) is -1.83. The van der Waals surface area contributed by atoms with E-state index in [1.54, 1.807) is 12.1 Å². The molecule has 3 amide bonds. The molecule has 2 aromatic rings. The molecule has 1 aliphatic carbocycles. The monoisotopic (exact) mass is 483 g/mol. The predicted molar refractivity (Wildman–Crippen MR) is 120 cm³/mol. The third kappa shape index (κ3) is 4.69. The van der Waals surface area contributed by atoms with Gasteiger partial charge in [-0.3, -0.25) is 28.6 Å². The van der Waals surface area contributed by atoms with Gasteiger partial charge in [-0.15, -0.1) is 0 Å². The summed E-state index contributed by atoms with van der Waals surface area (Å²) in [5.41, 5.74) is -1.60. The second kappa shape index (κ2) is 9.48. The van der Waals surface area contributed by atoms with Crippen LogP contribution in [-0.4, -0.2) is 44.2 Å². The van der Waals surface area contributed by atoms with Crippen LogP contribution in [0.4, 0.5) is 9.18 Å². The Balaban J connectivity index is 1.39. The number of carbonyl (C=O) groups excluding carboxylic acids is 3. The van der Waals surface area contributed by atoms with Crippen LogP contribution in [0.3, 0.4) is 0 Å². The van der Waals surface area contributed by atoms with Gasteiger partial charge in [0.25, 0.3) is 16.7 Å². The highest BCUT2D eigenvalue weighted by molar-refractivity contribution is 8.18. The van der Waals surface area contributed by atoms with Crippen LogP contribution in [0.15, 0.2) is 45.0 Å². The van der Waals surface area contributed by atoms with Crippen LogP contribution in [0, 0.1) is 17.1 Å². The molecule has 1 aromatic heterocycles. The minimum absolute atomic E-state index is 0.0573. The Morgan fingerprint density at radius 2 is 1.97 bits per heavy atom. The molecule has 1 saturated heterocycles. The molecule has 0 spiro atoms. The summed E-state index contributed by atoms with van der Waals surface area (Å²) in [5, 5.41) is 11.1. The van der Waals surface area contributed by atoms with Gasteiger partial charge in [0.05, 0.1) is 4.91 Å². The van der Waals surface area contributed by atoms with Crippen molar-refractivity contribution in [1.82, 2.24) is 19.4 Å². The number of thioether (sulfide) groups is 1. The number of benzene rings is 1. The molecule has 12 heteroatoms. The van der Waals surface area contributed by atoms with Gasteiger partial charge in [0.15, 0.2) is 0 Å². The van der Waals surface area contributed by atoms with E-state index in [0.717, 1.165) is 17.7 Å². The second-order valence-corrected chi connectivity index (χ2v) is 8.66. The van der Waals surface area contributed by atoms with Crippen LogP contribution in [0.2, 0.25) is 0 Å². The molecular weight excluding hydrogens is 465 g/mol. The van der Waals surface area contributed by atoms with Crippen molar-refractivity contribution in [2.24, 2.45) is 0 Å². The molecular formula is C22H18FN5O5S. The number of rotatable bonds is 7. The molecule has 2 heterocycles. The topological polar surface area (TPSA) is 134 Å². The summed E-state index contributed by atoms with van der Waals surface area (Å²) >= 11 is 0.664. The van der Waals surface area contributed by atoms with Crippen molar-refractivity contribution in [2.75, 3.05) is 13.1 Å². The van der Waals surface area contributed by atoms with Crippen LogP contribution in [0.25, 0.3) is 6.08 Å². The number of halogens is 1. The van der Waals surface area contributed by atoms with E-state index >= 15 is 0 Å². The van der Waals surface area contributed by atoms with E-state index in [1.165, 1.54) is 35.0 Å². The molecule has 0 radical (unpaired) electrons. The fraction of sp³-hybridized carbons (Fsp3) is 0.273. The second-order valence-electron chi connectivity index (χ2n) is 7.67. The lowest BCUT2D eigenvalue weighted by molar-refractivity contribution is -0.124. The van der Waals surface area contributed by atoms with Gasteiger partial charge < -0.3 is 5.32 Å². The Morgan fingerprint density at radius 1 is 1.24 bits per heavy atom. The molecule has 1 aromatic carbocycles. The van der Waals surface area contributed by atoms with Crippen LogP contribution in [-0.2, 0) is 16.1 Å². The molecule has 1 aliphatic heterocycles. The lowest BCUT2D eigenvalue weighted by Gasteiger charge is -2.14. The van der Waals surface area contributed by atoms with Gasteiger partial charge in [0, 0.05) is 30.9 Å². The van der Waals surface area contributed by atoms with Crippen LogP contribution in [0.1, 0.15) is 30.0 Å². The predicted octanol–water partition coefficient (Wildman–Crippen LogP) is 1.21. The zero-order valence-electron chi connectivity index (χ0n) is 17.7. The van der Waals surface area contributed by atoms with E-state index in [1.807, 2.05) is 0 Å². The van der Waals surface area contributed by atoms with Crippen molar-refractivity contribution in [2.45, 2.75) is 25.4 Å². The molecule has 0 atom stereocenters. The standard InChI is InChI=1S/C22H18FN5O5S/c23-16-4-2-1-3-13(16)9-17-20(31)26(22(33)34-17)8-7-25-18(29)12-28-19(30)14(10-24)11-27(21(28)32)15-5-6-15/h1-4,9,11,15H,5-8,12H2,(H,25,29)/b17-9-. The van der Waals surface area contributed by atoms with E-state index < -0.39 is 40.7 Å². The number of carbonyl (C=O) groups is 3. The largest absolute Gasteiger partial charge is 0.353 e. The van der Waals surface area contributed by atoms with Gasteiger partial charge in [-0.2, -0.15) is 5.26 Å². The number of hydrogen-bond donors (Lipinski definition) is 1. The average molecular weight is 483 g/mol. The average Bonchev–Trinajstić information content (AvgIpc) is 3.61. The van der Waals surface area contributed by atoms with E-state index in [4.69, 9.17) is 5.26 Å². The van der Waals surface area contributed by atoms with Gasteiger partial charge in [-0.25, -0.2) is 13.8 Å². The number of amides is 3. The summed E-state index contributed by atoms with van der Waals surface area (Å²) in [6.07, 6.45) is 4.00. The smallest absolute Gasteiger partial charge is 0.331 e. The molecule has 0 bridgehead atoms. The first kappa shape index (κ1) is 23.2. The first-order valence-corrected chi connectivity index (χ1v) is 11.1. The summed E-state index contributed by atoms with van der Waals surface area (Å²) in [7, 11) is 0. The molecule has 34 heavy (non-hydrogen) atoms. The molecule has 174 valence electrons. The fourth-order valence-electron chi connectivity index (χ4n) is 3.38. The van der Waals surface area contributed by atoms with E-state index in [0.29, 0.717) is 16.3 Å². The van der Waals surface area contributed by atoms with Crippen molar-refractivity contribution in [1.29, 1.82) is 5.26 Å². The highest BCUT2D eigenvalue weighted by Crippen LogP contribution is 2.33. The Kier molecular flexibility index (Phi) is 6.47. The molecule has 10 nitrogen and oxygen atoms in total. The number of nitriles is 1. The van der Waals surface area contributed by atoms with Crippen LogP contribution >= 0.6 is 11.8 Å². The summed E-state index contributed by atoms with van der Waals surface area (Å²) < 4.78 is 15.8. The first-order chi connectivity index (χ1) is 16.3. The summed E-state index contributed by atoms with van der Waals surface area (Å²) in [6.45, 7) is -0.868. The van der Waals surface area contributed by atoms with Crippen molar-refractivity contribution >= 4 is 34.9 Å². The Labute approximate surface area is 196 Å². The van der Waals surface area contributed by atoms with Gasteiger partial charge in [0.1, 0.15) is 24.0 Å². The Morgan fingerprint density at radius 3 is 2.65 bits per heavy atom. The van der Waals surface area contributed by atoms with Crippen molar-refractivity contribution < 1.29 is 18.8 Å². The minimum Gasteiger partial charge on any atom is -0.353 e. The highest BCUT2D eigenvalue weighted by atomic mass is 32.2. The Bertz CT molecular complexity index is 1390. The molecule has 2 aliphatic rings. The van der Waals surface area contributed by atoms with E-state index in [9.17, 15) is 28.4 Å². The third-order valence-corrected chi connectivity index (χ3v) is 6.19. The van der Waals surface area contributed by atoms with Crippen molar-refractivity contribution in [3.05, 3.63) is 73.1 Å². The molecule has 2 fully saturated rings. The SMILES string of the molecule is N#Cc1cn(C2CC2)c(=O)n(CC(=O)NCCN2C(=O)S/C(=C\c3ccccc3F)C2=O)c1=O. The number of aromatic nitrogens is 2. The fourth-order valence-corrected chi connectivity index (χ4v) is 4.24. The number of nitrogens with zero attached hydrogens (tertiary/aromatic N) is 4. The molecule has 4 rings (SSSR count). The van der Waals surface area contributed by atoms with E-state index in [-0.39, 0.29) is 35.2 Å². The van der Waals surface area contributed by atoms with Crippen molar-refractivity contribution in [3.8, 4) is 6.07 Å². The zero-order chi connectivity index (χ0) is 24.4. The number of imide groups is 1. The van der Waals surface area contributed by atoms with Gasteiger partial charge >= 0.3 is 5.69 Å². The lowest BCUT2D eigenvalue weighted by Crippen LogP contribution is -2.45. The number of hydrogen-bond acceptors (Lipinski definition) is 7. The lowest BCUT2D eigenvalue weighted by atomic mass is 10.2. The van der Waals surface area contributed by atoms with Crippen molar-refractivity contribution in [3.63, 3.8) is 0 Å². The quantitative estimate of drug-likeness (QED) is 0.585. The van der Waals surface area contributed by atoms with Crippen LogP contribution in [0.5, 0.6) is 0 Å². The highest BCUT2D eigenvalue weighted by Gasteiger charge is 2.35. The zero-order valence-corrected chi connectivity index (χ0v) is 18.5. The van der Waals surface area contributed by atoms with Gasteiger partial charge in [0.2, 0.25) is 5.91 Å². The first-order valence-electron chi connectivity index (χ1n) is 10.3. The summed E-state index contributed by atoms with van der Waals surface area (Å²) in [4.78, 5) is 63.0. The molecule has 1 saturated carbocycles. The van der Waals surface area contributed by atoms with Crippen LogP contribution < -0.4 is 16.6 Å². The number of nitrogens with one attached hydrogen (secondary N) is 1. The molecule has 1 N–H and O–H groups in total. The van der Waals surface area contributed by atoms with Gasteiger partial charge in [-0.05, 0) is 36.7 Å². The maximum atomic E-state index is 13.8. The Hall–Kier alpha value is -3.98.